The number of carbonyl (C=O) groups excluding carboxylic acids is 1. The molecule has 0 atom stereocenters. The van der Waals surface area contributed by atoms with Crippen LogP contribution in [-0.2, 0) is 10.0 Å². The van der Waals surface area contributed by atoms with Gasteiger partial charge in [-0.2, -0.15) is 4.31 Å². The van der Waals surface area contributed by atoms with Crippen LogP contribution in [0.2, 0.25) is 5.02 Å². The van der Waals surface area contributed by atoms with E-state index >= 15 is 0 Å². The van der Waals surface area contributed by atoms with E-state index in [1.807, 2.05) is 0 Å². The van der Waals surface area contributed by atoms with E-state index in [-0.39, 0.29) is 34.3 Å². The molecule has 0 saturated carbocycles. The Morgan fingerprint density at radius 2 is 1.67 bits per heavy atom. The second kappa shape index (κ2) is 8.33. The third-order valence-electron chi connectivity index (χ3n) is 4.10. The van der Waals surface area contributed by atoms with Gasteiger partial charge in [-0.25, -0.2) is 17.2 Å². The Labute approximate surface area is 162 Å². The van der Waals surface area contributed by atoms with Gasteiger partial charge in [0, 0.05) is 37.5 Å². The average Bonchev–Trinajstić information content (AvgIpc) is 2.63. The number of carbonyl (C=O) groups is 1. The van der Waals surface area contributed by atoms with Crippen molar-refractivity contribution in [1.29, 1.82) is 0 Å². The fourth-order valence-electron chi connectivity index (χ4n) is 2.54. The summed E-state index contributed by atoms with van der Waals surface area (Å²) in [7, 11) is -2.49. The van der Waals surface area contributed by atoms with Crippen molar-refractivity contribution in [3.8, 4) is 0 Å². The zero-order chi connectivity index (χ0) is 20.4. The number of halogens is 3. The minimum Gasteiger partial charge on any atom is -0.311 e. The molecule has 2 aromatic carbocycles. The molecule has 27 heavy (non-hydrogen) atoms. The topological polar surface area (TPSA) is 57.7 Å². The van der Waals surface area contributed by atoms with Crippen LogP contribution in [0.25, 0.3) is 0 Å². The van der Waals surface area contributed by atoms with E-state index in [1.54, 1.807) is 13.8 Å². The first-order chi connectivity index (χ1) is 12.6. The number of sulfonamides is 1. The smallest absolute Gasteiger partial charge is 0.258 e. The molecule has 0 spiro atoms. The van der Waals surface area contributed by atoms with Crippen molar-refractivity contribution < 1.29 is 22.0 Å². The zero-order valence-electron chi connectivity index (χ0n) is 15.0. The molecule has 0 fully saturated rings. The largest absolute Gasteiger partial charge is 0.311 e. The number of hydrogen-bond donors (Lipinski definition) is 0. The molecule has 0 aliphatic carbocycles. The molecule has 0 aromatic heterocycles. The standard InChI is InChI=1S/C18H19ClF2N2O3S/c1-4-23(5-2)27(25,26)17-10-12(6-8-14(17)19)18(24)22(3)13-7-9-15(20)16(21)11-13/h6-11H,4-5H2,1-3H3. The first-order valence-corrected chi connectivity index (χ1v) is 9.98. The SMILES string of the molecule is CCN(CC)S(=O)(=O)c1cc(C(=O)N(C)c2ccc(F)c(F)c2)ccc1Cl. The van der Waals surface area contributed by atoms with E-state index in [2.05, 4.69) is 0 Å². The molecule has 0 saturated heterocycles. The quantitative estimate of drug-likeness (QED) is 0.717. The maximum atomic E-state index is 13.4. The molecule has 5 nitrogen and oxygen atoms in total. The van der Waals surface area contributed by atoms with Gasteiger partial charge in [-0.05, 0) is 30.3 Å². The second-order valence-corrected chi connectivity index (χ2v) is 8.01. The predicted molar refractivity (Wildman–Crippen MR) is 101 cm³/mol. The summed E-state index contributed by atoms with van der Waals surface area (Å²) in [5.41, 5.74) is 0.180. The number of nitrogens with zero attached hydrogens (tertiary/aromatic N) is 2. The number of rotatable bonds is 6. The maximum Gasteiger partial charge on any atom is 0.258 e. The molecule has 0 aliphatic heterocycles. The van der Waals surface area contributed by atoms with E-state index in [0.29, 0.717) is 0 Å². The molecule has 2 aromatic rings. The van der Waals surface area contributed by atoms with Crippen molar-refractivity contribution >= 4 is 33.2 Å². The van der Waals surface area contributed by atoms with Crippen molar-refractivity contribution in [2.24, 2.45) is 0 Å². The highest BCUT2D eigenvalue weighted by Gasteiger charge is 2.26. The zero-order valence-corrected chi connectivity index (χ0v) is 16.6. The van der Waals surface area contributed by atoms with Gasteiger partial charge in [0.1, 0.15) is 4.90 Å². The van der Waals surface area contributed by atoms with Gasteiger partial charge in [-0.3, -0.25) is 4.79 Å². The fraction of sp³-hybridized carbons (Fsp3) is 0.278. The highest BCUT2D eigenvalue weighted by Crippen LogP contribution is 2.27. The lowest BCUT2D eigenvalue weighted by atomic mass is 10.2. The summed E-state index contributed by atoms with van der Waals surface area (Å²) in [5, 5.41) is -0.00562. The predicted octanol–water partition coefficient (Wildman–Crippen LogP) is 3.93. The van der Waals surface area contributed by atoms with E-state index in [4.69, 9.17) is 11.6 Å². The molecular formula is C18H19ClF2N2O3S. The second-order valence-electron chi connectivity index (χ2n) is 5.70. The van der Waals surface area contributed by atoms with Crippen LogP contribution in [0.3, 0.4) is 0 Å². The highest BCUT2D eigenvalue weighted by molar-refractivity contribution is 7.89. The van der Waals surface area contributed by atoms with Crippen LogP contribution < -0.4 is 4.90 Å². The molecule has 0 aliphatic rings. The first kappa shape index (κ1) is 21.3. The van der Waals surface area contributed by atoms with Crippen LogP contribution in [-0.4, -0.2) is 38.8 Å². The molecular weight excluding hydrogens is 398 g/mol. The molecule has 0 bridgehead atoms. The lowest BCUT2D eigenvalue weighted by Crippen LogP contribution is -2.31. The van der Waals surface area contributed by atoms with Gasteiger partial charge in [0.2, 0.25) is 10.0 Å². The Kier molecular flexibility index (Phi) is 6.56. The van der Waals surface area contributed by atoms with Gasteiger partial charge in [0.05, 0.1) is 5.02 Å². The number of hydrogen-bond acceptors (Lipinski definition) is 3. The minimum absolute atomic E-state index is 0.00562. The van der Waals surface area contributed by atoms with Crippen LogP contribution in [0.5, 0.6) is 0 Å². The molecule has 0 unspecified atom stereocenters. The van der Waals surface area contributed by atoms with E-state index < -0.39 is 27.6 Å². The van der Waals surface area contributed by atoms with Crippen molar-refractivity contribution in [3.05, 3.63) is 58.6 Å². The van der Waals surface area contributed by atoms with E-state index in [0.717, 1.165) is 17.0 Å². The highest BCUT2D eigenvalue weighted by atomic mass is 35.5. The fourth-order valence-corrected chi connectivity index (χ4v) is 4.50. The lowest BCUT2D eigenvalue weighted by molar-refractivity contribution is 0.0992. The Bertz CT molecular complexity index is 963. The van der Waals surface area contributed by atoms with Gasteiger partial charge in [0.15, 0.2) is 11.6 Å². The molecule has 0 N–H and O–H groups in total. The molecule has 0 heterocycles. The van der Waals surface area contributed by atoms with E-state index in [1.165, 1.54) is 35.6 Å². The van der Waals surface area contributed by atoms with Crippen molar-refractivity contribution in [2.75, 3.05) is 25.0 Å². The number of benzene rings is 2. The van der Waals surface area contributed by atoms with Gasteiger partial charge >= 0.3 is 0 Å². The summed E-state index contributed by atoms with van der Waals surface area (Å²) >= 11 is 6.06. The van der Waals surface area contributed by atoms with Gasteiger partial charge in [0.25, 0.3) is 5.91 Å². The van der Waals surface area contributed by atoms with Crippen LogP contribution in [0.15, 0.2) is 41.3 Å². The average molecular weight is 417 g/mol. The van der Waals surface area contributed by atoms with Gasteiger partial charge < -0.3 is 4.90 Å². The Morgan fingerprint density at radius 1 is 1.04 bits per heavy atom. The summed E-state index contributed by atoms with van der Waals surface area (Å²) in [4.78, 5) is 13.6. The van der Waals surface area contributed by atoms with Crippen molar-refractivity contribution in [3.63, 3.8) is 0 Å². The van der Waals surface area contributed by atoms with Crippen LogP contribution in [0.4, 0.5) is 14.5 Å². The molecule has 9 heteroatoms. The maximum absolute atomic E-state index is 13.4. The third-order valence-corrected chi connectivity index (χ3v) is 6.63. The Hall–Kier alpha value is -2.03. The molecule has 0 radical (unpaired) electrons. The number of amides is 1. The minimum atomic E-state index is -3.87. The molecule has 1 amide bonds. The molecule has 2 rings (SSSR count). The van der Waals surface area contributed by atoms with Crippen molar-refractivity contribution in [2.45, 2.75) is 18.7 Å². The summed E-state index contributed by atoms with van der Waals surface area (Å²) in [6.45, 7) is 3.89. The third kappa shape index (κ3) is 4.28. The summed E-state index contributed by atoms with van der Waals surface area (Å²) in [5.74, 6) is -2.71. The Balaban J connectivity index is 2.45. The summed E-state index contributed by atoms with van der Waals surface area (Å²) in [6.07, 6.45) is 0. The first-order valence-electron chi connectivity index (χ1n) is 8.16. The van der Waals surface area contributed by atoms with Crippen LogP contribution in [0.1, 0.15) is 24.2 Å². The van der Waals surface area contributed by atoms with Crippen molar-refractivity contribution in [1.82, 2.24) is 4.31 Å². The van der Waals surface area contributed by atoms with Gasteiger partial charge in [-0.1, -0.05) is 25.4 Å². The van der Waals surface area contributed by atoms with Crippen LogP contribution in [0, 0.1) is 11.6 Å². The normalized spacial score (nSPS) is 11.7. The van der Waals surface area contributed by atoms with Crippen LogP contribution >= 0.6 is 11.6 Å². The summed E-state index contributed by atoms with van der Waals surface area (Å²) < 4.78 is 53.2. The number of anilines is 1. The molecule has 146 valence electrons. The Morgan fingerprint density at radius 3 is 2.22 bits per heavy atom. The van der Waals surface area contributed by atoms with Gasteiger partial charge in [-0.15, -0.1) is 0 Å². The summed E-state index contributed by atoms with van der Waals surface area (Å²) in [6, 6.07) is 6.93. The van der Waals surface area contributed by atoms with E-state index in [9.17, 15) is 22.0 Å². The lowest BCUT2D eigenvalue weighted by Gasteiger charge is -2.21. The monoisotopic (exact) mass is 416 g/mol.